The molecule has 0 radical (unpaired) electrons. The van der Waals surface area contributed by atoms with E-state index in [9.17, 15) is 4.79 Å². The second kappa shape index (κ2) is 4.40. The molecule has 0 bridgehead atoms. The number of ether oxygens (including phenoxy) is 2. The van der Waals surface area contributed by atoms with E-state index in [2.05, 4.69) is 4.90 Å². The molecule has 1 aromatic carbocycles. The monoisotopic (exact) mass is 250 g/mol. The molecule has 0 saturated carbocycles. The van der Waals surface area contributed by atoms with E-state index in [1.54, 1.807) is 6.07 Å². The summed E-state index contributed by atoms with van der Waals surface area (Å²) in [6.07, 6.45) is 0. The van der Waals surface area contributed by atoms with E-state index in [4.69, 9.17) is 15.2 Å². The first kappa shape index (κ1) is 12.5. The van der Waals surface area contributed by atoms with Gasteiger partial charge in [0.25, 0.3) is 0 Å². The summed E-state index contributed by atoms with van der Waals surface area (Å²) in [6, 6.07) is 5.56. The molecule has 0 aliphatic carbocycles. The maximum Gasteiger partial charge on any atom is 0.302 e. The molecule has 1 aromatic rings. The first-order valence-corrected chi connectivity index (χ1v) is 5.83. The van der Waals surface area contributed by atoms with Crippen LogP contribution in [0.1, 0.15) is 13.8 Å². The van der Waals surface area contributed by atoms with Gasteiger partial charge in [-0.3, -0.25) is 4.79 Å². The van der Waals surface area contributed by atoms with E-state index in [0.717, 1.165) is 11.4 Å². The SMILES string of the molecule is CC(=O)OCC1(C)CN(C)c2ccc(N)cc2O1. The molecule has 2 N–H and O–H groups in total. The Kier molecular flexibility index (Phi) is 3.07. The topological polar surface area (TPSA) is 64.8 Å². The van der Waals surface area contributed by atoms with Gasteiger partial charge >= 0.3 is 5.97 Å². The van der Waals surface area contributed by atoms with Crippen molar-refractivity contribution in [3.05, 3.63) is 18.2 Å². The van der Waals surface area contributed by atoms with Crippen molar-refractivity contribution in [1.82, 2.24) is 0 Å². The van der Waals surface area contributed by atoms with Crippen LogP contribution in [0, 0.1) is 0 Å². The summed E-state index contributed by atoms with van der Waals surface area (Å²) in [7, 11) is 1.98. The third-order valence-electron chi connectivity index (χ3n) is 2.90. The van der Waals surface area contributed by atoms with Crippen molar-refractivity contribution in [2.75, 3.05) is 30.8 Å². The predicted molar refractivity (Wildman–Crippen MR) is 69.8 cm³/mol. The normalized spacial score (nSPS) is 22.1. The van der Waals surface area contributed by atoms with Crippen molar-refractivity contribution in [2.24, 2.45) is 0 Å². The Balaban J connectivity index is 2.22. The van der Waals surface area contributed by atoms with E-state index in [1.165, 1.54) is 6.92 Å². The van der Waals surface area contributed by atoms with Crippen molar-refractivity contribution >= 4 is 17.3 Å². The summed E-state index contributed by atoms with van der Waals surface area (Å²) in [5.74, 6) is 0.416. The Bertz CT molecular complexity index is 475. The lowest BCUT2D eigenvalue weighted by Crippen LogP contribution is -2.51. The maximum atomic E-state index is 10.9. The summed E-state index contributed by atoms with van der Waals surface area (Å²) in [5, 5.41) is 0. The Hall–Kier alpha value is -1.91. The average molecular weight is 250 g/mol. The van der Waals surface area contributed by atoms with Crippen LogP contribution in [0.4, 0.5) is 11.4 Å². The second-order valence-corrected chi connectivity index (χ2v) is 4.92. The fourth-order valence-electron chi connectivity index (χ4n) is 2.14. The van der Waals surface area contributed by atoms with E-state index < -0.39 is 5.60 Å². The predicted octanol–water partition coefficient (Wildman–Crippen LogP) is 1.42. The van der Waals surface area contributed by atoms with Crippen molar-refractivity contribution < 1.29 is 14.3 Å². The highest BCUT2D eigenvalue weighted by Gasteiger charge is 2.35. The molecule has 18 heavy (non-hydrogen) atoms. The highest BCUT2D eigenvalue weighted by molar-refractivity contribution is 5.67. The molecule has 2 rings (SSSR count). The van der Waals surface area contributed by atoms with Crippen LogP contribution in [0.25, 0.3) is 0 Å². The molecular weight excluding hydrogens is 232 g/mol. The van der Waals surface area contributed by atoms with Gasteiger partial charge in [-0.25, -0.2) is 0 Å². The van der Waals surface area contributed by atoms with Gasteiger partial charge in [-0.2, -0.15) is 0 Å². The molecule has 0 fully saturated rings. The summed E-state index contributed by atoms with van der Waals surface area (Å²) in [6.45, 7) is 4.18. The van der Waals surface area contributed by atoms with Gasteiger partial charge in [-0.05, 0) is 19.1 Å². The fraction of sp³-hybridized carbons (Fsp3) is 0.462. The number of nitrogens with zero attached hydrogens (tertiary/aromatic N) is 1. The molecule has 5 nitrogen and oxygen atoms in total. The fourth-order valence-corrected chi connectivity index (χ4v) is 2.14. The van der Waals surface area contributed by atoms with Gasteiger partial charge in [-0.1, -0.05) is 0 Å². The lowest BCUT2D eigenvalue weighted by molar-refractivity contribution is -0.146. The van der Waals surface area contributed by atoms with Crippen molar-refractivity contribution in [2.45, 2.75) is 19.4 Å². The van der Waals surface area contributed by atoms with E-state index in [-0.39, 0.29) is 12.6 Å². The number of hydrogen-bond donors (Lipinski definition) is 1. The minimum Gasteiger partial charge on any atom is -0.480 e. The molecule has 1 heterocycles. The minimum atomic E-state index is -0.554. The lowest BCUT2D eigenvalue weighted by atomic mass is 10.0. The number of esters is 1. The van der Waals surface area contributed by atoms with Crippen LogP contribution in [0.2, 0.25) is 0 Å². The molecular formula is C13H18N2O3. The summed E-state index contributed by atoms with van der Waals surface area (Å²) >= 11 is 0. The molecule has 0 saturated heterocycles. The number of benzene rings is 1. The quantitative estimate of drug-likeness (QED) is 0.635. The number of rotatable bonds is 2. The number of carbonyl (C=O) groups is 1. The van der Waals surface area contributed by atoms with Crippen LogP contribution in [-0.2, 0) is 9.53 Å². The van der Waals surface area contributed by atoms with Crippen LogP contribution >= 0.6 is 0 Å². The Morgan fingerprint density at radius 1 is 1.61 bits per heavy atom. The highest BCUT2D eigenvalue weighted by atomic mass is 16.6. The maximum absolute atomic E-state index is 10.9. The zero-order valence-electron chi connectivity index (χ0n) is 10.9. The van der Waals surface area contributed by atoms with Crippen LogP contribution in [0.3, 0.4) is 0 Å². The van der Waals surface area contributed by atoms with Crippen LogP contribution < -0.4 is 15.4 Å². The van der Waals surface area contributed by atoms with E-state index in [1.807, 2.05) is 26.1 Å². The van der Waals surface area contributed by atoms with Crippen molar-refractivity contribution in [3.63, 3.8) is 0 Å². The largest absolute Gasteiger partial charge is 0.480 e. The smallest absolute Gasteiger partial charge is 0.302 e. The van der Waals surface area contributed by atoms with Crippen LogP contribution in [-0.4, -0.2) is 31.8 Å². The zero-order valence-corrected chi connectivity index (χ0v) is 10.9. The van der Waals surface area contributed by atoms with Gasteiger partial charge in [0, 0.05) is 25.7 Å². The molecule has 98 valence electrons. The molecule has 1 aliphatic rings. The Morgan fingerprint density at radius 2 is 2.33 bits per heavy atom. The van der Waals surface area contributed by atoms with Gasteiger partial charge in [0.15, 0.2) is 5.60 Å². The summed E-state index contributed by atoms with van der Waals surface area (Å²) in [4.78, 5) is 13.0. The number of hydrogen-bond acceptors (Lipinski definition) is 5. The third kappa shape index (κ3) is 2.50. The van der Waals surface area contributed by atoms with E-state index in [0.29, 0.717) is 12.2 Å². The molecule has 0 spiro atoms. The number of fused-ring (bicyclic) bond motifs is 1. The molecule has 5 heteroatoms. The molecule has 1 atom stereocenters. The first-order chi connectivity index (χ1) is 8.39. The second-order valence-electron chi connectivity index (χ2n) is 4.92. The number of nitrogens with two attached hydrogens (primary N) is 1. The van der Waals surface area contributed by atoms with Gasteiger partial charge in [0.1, 0.15) is 12.4 Å². The average Bonchev–Trinajstić information content (AvgIpc) is 2.25. The molecule has 0 amide bonds. The standard InChI is InChI=1S/C13H18N2O3/c1-9(16)17-8-13(2)7-15(3)11-5-4-10(14)6-12(11)18-13/h4-6H,7-8,14H2,1-3H3. The van der Waals surface area contributed by atoms with Crippen LogP contribution in [0.5, 0.6) is 5.75 Å². The summed E-state index contributed by atoms with van der Waals surface area (Å²) in [5.41, 5.74) is 6.84. The molecule has 0 aromatic heterocycles. The van der Waals surface area contributed by atoms with Gasteiger partial charge < -0.3 is 20.1 Å². The van der Waals surface area contributed by atoms with Crippen molar-refractivity contribution in [1.29, 1.82) is 0 Å². The van der Waals surface area contributed by atoms with Crippen molar-refractivity contribution in [3.8, 4) is 5.75 Å². The highest BCUT2D eigenvalue weighted by Crippen LogP contribution is 2.37. The zero-order chi connectivity index (χ0) is 13.3. The summed E-state index contributed by atoms with van der Waals surface area (Å²) < 4.78 is 11.0. The van der Waals surface area contributed by atoms with Gasteiger partial charge in [0.2, 0.25) is 0 Å². The van der Waals surface area contributed by atoms with Crippen LogP contribution in [0.15, 0.2) is 18.2 Å². The Morgan fingerprint density at radius 3 is 3.00 bits per heavy atom. The van der Waals surface area contributed by atoms with Gasteiger partial charge in [-0.15, -0.1) is 0 Å². The lowest BCUT2D eigenvalue weighted by Gasteiger charge is -2.40. The number of carbonyl (C=O) groups excluding carboxylic acids is 1. The van der Waals surface area contributed by atoms with Gasteiger partial charge in [0.05, 0.1) is 12.2 Å². The number of anilines is 2. The molecule has 1 unspecified atom stereocenters. The first-order valence-electron chi connectivity index (χ1n) is 5.83. The minimum absolute atomic E-state index is 0.223. The van der Waals surface area contributed by atoms with E-state index >= 15 is 0 Å². The number of likely N-dealkylation sites (N-methyl/N-ethyl adjacent to an activating group) is 1. The molecule has 1 aliphatic heterocycles. The third-order valence-corrected chi connectivity index (χ3v) is 2.90. The number of nitrogen functional groups attached to an aromatic ring is 1. The Labute approximate surface area is 106 Å².